The lowest BCUT2D eigenvalue weighted by Crippen LogP contribution is -2.22. The van der Waals surface area contributed by atoms with Crippen molar-refractivity contribution in [2.24, 2.45) is 0 Å². The standard InChI is InChI=1S/C18H27Cl3O2/c1-14(2)8-5-9-15(3)10-6-11-16(4)12-7-13-23-17(22)18(19,20)21/h8,10,12H,5-7,9,11,13H2,1-4H3/b15-10+,16-12+. The zero-order valence-corrected chi connectivity index (χ0v) is 16.7. The van der Waals surface area contributed by atoms with E-state index in [9.17, 15) is 4.79 Å². The van der Waals surface area contributed by atoms with Gasteiger partial charge in [0.2, 0.25) is 0 Å². The summed E-state index contributed by atoms with van der Waals surface area (Å²) in [5, 5.41) is 0. The topological polar surface area (TPSA) is 26.3 Å². The number of allylic oxidation sites excluding steroid dienone is 5. The summed E-state index contributed by atoms with van der Waals surface area (Å²) < 4.78 is 2.87. The maximum Gasteiger partial charge on any atom is 0.358 e. The zero-order chi connectivity index (χ0) is 17.9. The Morgan fingerprint density at radius 2 is 1.35 bits per heavy atom. The lowest BCUT2D eigenvalue weighted by molar-refractivity contribution is -0.142. The molecule has 0 atom stereocenters. The van der Waals surface area contributed by atoms with Gasteiger partial charge in [0.05, 0.1) is 6.61 Å². The van der Waals surface area contributed by atoms with Gasteiger partial charge in [0.25, 0.3) is 3.79 Å². The molecule has 0 saturated heterocycles. The Morgan fingerprint density at radius 1 is 0.870 bits per heavy atom. The Labute approximate surface area is 155 Å². The molecule has 0 aromatic rings. The number of hydrogen-bond donors (Lipinski definition) is 0. The van der Waals surface area contributed by atoms with Crippen LogP contribution in [-0.2, 0) is 9.53 Å². The molecule has 0 fully saturated rings. The Hall–Kier alpha value is -0.440. The molecule has 0 heterocycles. The first kappa shape index (κ1) is 22.6. The van der Waals surface area contributed by atoms with Gasteiger partial charge in [0.1, 0.15) is 0 Å². The molecule has 0 aromatic carbocycles. The number of rotatable bonds is 9. The van der Waals surface area contributed by atoms with Crippen LogP contribution >= 0.6 is 34.8 Å². The monoisotopic (exact) mass is 380 g/mol. The Balaban J connectivity index is 3.94. The number of ether oxygens (including phenoxy) is 1. The molecule has 0 aliphatic rings. The highest BCUT2D eigenvalue weighted by Crippen LogP contribution is 2.27. The maximum atomic E-state index is 11.2. The molecule has 0 radical (unpaired) electrons. The molecule has 0 N–H and O–H groups in total. The van der Waals surface area contributed by atoms with E-state index in [-0.39, 0.29) is 6.61 Å². The van der Waals surface area contributed by atoms with Crippen LogP contribution in [0.2, 0.25) is 0 Å². The van der Waals surface area contributed by atoms with Crippen LogP contribution in [0.4, 0.5) is 0 Å². The summed E-state index contributed by atoms with van der Waals surface area (Å²) in [6.07, 6.45) is 11.5. The predicted molar refractivity (Wildman–Crippen MR) is 101 cm³/mol. The highest BCUT2D eigenvalue weighted by Gasteiger charge is 2.32. The number of carbonyl (C=O) groups excluding carboxylic acids is 1. The van der Waals surface area contributed by atoms with Crippen molar-refractivity contribution in [1.29, 1.82) is 0 Å². The van der Waals surface area contributed by atoms with Crippen molar-refractivity contribution >= 4 is 40.8 Å². The van der Waals surface area contributed by atoms with Gasteiger partial charge in [0, 0.05) is 0 Å². The van der Waals surface area contributed by atoms with E-state index in [0.717, 1.165) is 25.7 Å². The SMILES string of the molecule is CC(C)=CCC/C(C)=C/CC/C(C)=C/CCOC(=O)C(Cl)(Cl)Cl. The van der Waals surface area contributed by atoms with Gasteiger partial charge >= 0.3 is 5.97 Å². The molecular formula is C18H27Cl3O2. The van der Waals surface area contributed by atoms with Crippen LogP contribution in [0.25, 0.3) is 0 Å². The molecule has 0 amide bonds. The molecule has 23 heavy (non-hydrogen) atoms. The fourth-order valence-electron chi connectivity index (χ4n) is 1.88. The van der Waals surface area contributed by atoms with Crippen molar-refractivity contribution in [1.82, 2.24) is 0 Å². The number of halogens is 3. The zero-order valence-electron chi connectivity index (χ0n) is 14.4. The number of esters is 1. The molecule has 132 valence electrons. The first-order chi connectivity index (χ1) is 10.6. The van der Waals surface area contributed by atoms with Crippen molar-refractivity contribution in [3.8, 4) is 0 Å². The van der Waals surface area contributed by atoms with Crippen molar-refractivity contribution in [3.63, 3.8) is 0 Å². The lowest BCUT2D eigenvalue weighted by Gasteiger charge is -2.09. The lowest BCUT2D eigenvalue weighted by atomic mass is 10.1. The van der Waals surface area contributed by atoms with E-state index in [2.05, 4.69) is 45.9 Å². The van der Waals surface area contributed by atoms with E-state index in [0.29, 0.717) is 6.42 Å². The number of alkyl halides is 3. The number of carbonyl (C=O) groups is 1. The summed E-state index contributed by atoms with van der Waals surface area (Å²) in [6, 6.07) is 0. The quantitative estimate of drug-likeness (QED) is 0.192. The molecule has 0 unspecified atom stereocenters. The predicted octanol–water partition coefficient (Wildman–Crippen LogP) is 6.71. The Kier molecular flexibility index (Phi) is 11.8. The average Bonchev–Trinajstić information content (AvgIpc) is 2.41. The second-order valence-electron chi connectivity index (χ2n) is 5.88. The van der Waals surface area contributed by atoms with Crippen molar-refractivity contribution in [2.45, 2.75) is 63.6 Å². The first-order valence-corrected chi connectivity index (χ1v) is 8.95. The van der Waals surface area contributed by atoms with E-state index >= 15 is 0 Å². The molecular weight excluding hydrogens is 355 g/mol. The summed E-state index contributed by atoms with van der Waals surface area (Å²) in [6.45, 7) is 8.72. The van der Waals surface area contributed by atoms with Crippen LogP contribution in [0.3, 0.4) is 0 Å². The third-order valence-electron chi connectivity index (χ3n) is 3.20. The third-order valence-corrected chi connectivity index (χ3v) is 3.66. The summed E-state index contributed by atoms with van der Waals surface area (Å²) in [7, 11) is 0. The molecule has 0 bridgehead atoms. The van der Waals surface area contributed by atoms with Gasteiger partial charge in [-0.05, 0) is 59.8 Å². The molecule has 0 rings (SSSR count). The normalized spacial score (nSPS) is 13.0. The highest BCUT2D eigenvalue weighted by molar-refractivity contribution is 6.75. The molecule has 0 spiro atoms. The molecule has 0 aliphatic heterocycles. The smallest absolute Gasteiger partial charge is 0.358 e. The van der Waals surface area contributed by atoms with Crippen LogP contribution in [0, 0.1) is 0 Å². The summed E-state index contributed by atoms with van der Waals surface area (Å²) >= 11 is 16.2. The molecule has 0 aromatic heterocycles. The van der Waals surface area contributed by atoms with Gasteiger partial charge in [-0.1, -0.05) is 69.8 Å². The fourth-order valence-corrected chi connectivity index (χ4v) is 2.04. The summed E-state index contributed by atoms with van der Waals surface area (Å²) in [5.74, 6) is -0.830. The van der Waals surface area contributed by atoms with Crippen LogP contribution < -0.4 is 0 Å². The van der Waals surface area contributed by atoms with Gasteiger partial charge in [-0.15, -0.1) is 0 Å². The molecule has 0 aliphatic carbocycles. The highest BCUT2D eigenvalue weighted by atomic mass is 35.6. The van der Waals surface area contributed by atoms with Crippen molar-refractivity contribution in [3.05, 3.63) is 34.9 Å². The average molecular weight is 382 g/mol. The fraction of sp³-hybridized carbons (Fsp3) is 0.611. The second-order valence-corrected chi connectivity index (χ2v) is 8.16. The van der Waals surface area contributed by atoms with Gasteiger partial charge in [-0.25, -0.2) is 4.79 Å². The van der Waals surface area contributed by atoms with E-state index in [4.69, 9.17) is 39.5 Å². The summed E-state index contributed by atoms with van der Waals surface area (Å²) in [4.78, 5) is 11.2. The van der Waals surface area contributed by atoms with Gasteiger partial charge in [-0.3, -0.25) is 0 Å². The van der Waals surface area contributed by atoms with Crippen LogP contribution in [0.1, 0.15) is 59.8 Å². The van der Waals surface area contributed by atoms with E-state index in [1.54, 1.807) is 0 Å². The van der Waals surface area contributed by atoms with Crippen molar-refractivity contribution in [2.75, 3.05) is 6.61 Å². The van der Waals surface area contributed by atoms with Crippen molar-refractivity contribution < 1.29 is 9.53 Å². The number of hydrogen-bond acceptors (Lipinski definition) is 2. The van der Waals surface area contributed by atoms with Crippen LogP contribution in [0.15, 0.2) is 34.9 Å². The molecule has 2 nitrogen and oxygen atoms in total. The van der Waals surface area contributed by atoms with E-state index in [1.165, 1.54) is 16.7 Å². The summed E-state index contributed by atoms with van der Waals surface area (Å²) in [5.41, 5.74) is 4.06. The first-order valence-electron chi connectivity index (χ1n) is 7.81. The maximum absolute atomic E-state index is 11.2. The van der Waals surface area contributed by atoms with Crippen LogP contribution in [-0.4, -0.2) is 16.4 Å². The molecule has 0 saturated carbocycles. The van der Waals surface area contributed by atoms with E-state index < -0.39 is 9.76 Å². The van der Waals surface area contributed by atoms with Crippen LogP contribution in [0.5, 0.6) is 0 Å². The second kappa shape index (κ2) is 12.0. The van der Waals surface area contributed by atoms with E-state index in [1.807, 2.05) is 0 Å². The molecule has 5 heteroatoms. The van der Waals surface area contributed by atoms with Gasteiger partial charge in [-0.2, -0.15) is 0 Å². The minimum atomic E-state index is -1.99. The third kappa shape index (κ3) is 13.7. The van der Waals surface area contributed by atoms with Gasteiger partial charge in [0.15, 0.2) is 0 Å². The Bertz CT molecular complexity index is 453. The van der Waals surface area contributed by atoms with Gasteiger partial charge < -0.3 is 4.74 Å². The minimum absolute atomic E-state index is 0.224. The largest absolute Gasteiger partial charge is 0.462 e. The minimum Gasteiger partial charge on any atom is -0.462 e. The Morgan fingerprint density at radius 3 is 1.83 bits per heavy atom.